The van der Waals surface area contributed by atoms with Gasteiger partial charge in [0.05, 0.1) is 32.1 Å². The van der Waals surface area contributed by atoms with Gasteiger partial charge in [0.15, 0.2) is 11.5 Å². The molecule has 2 rings (SSSR count). The van der Waals surface area contributed by atoms with Crippen molar-refractivity contribution in [2.75, 3.05) is 26.1 Å². The van der Waals surface area contributed by atoms with Crippen LogP contribution in [-0.4, -0.2) is 32.7 Å². The second-order valence-electron chi connectivity index (χ2n) is 5.62. The van der Waals surface area contributed by atoms with E-state index >= 15 is 0 Å². The number of methoxy groups -OCH3 is 2. The third-order valence-electron chi connectivity index (χ3n) is 3.67. The summed E-state index contributed by atoms with van der Waals surface area (Å²) in [5, 5.41) is 2.68. The van der Waals surface area contributed by atoms with Crippen molar-refractivity contribution in [1.82, 2.24) is 0 Å². The molecule has 0 saturated carbocycles. The largest absolute Gasteiger partial charge is 0.493 e. The summed E-state index contributed by atoms with van der Waals surface area (Å²) < 4.78 is 15.7. The second-order valence-corrected chi connectivity index (χ2v) is 5.62. The molecule has 27 heavy (non-hydrogen) atoms. The van der Waals surface area contributed by atoms with Crippen molar-refractivity contribution in [2.24, 2.45) is 0 Å². The van der Waals surface area contributed by atoms with Crippen LogP contribution in [-0.2, 0) is 9.53 Å². The Kier molecular flexibility index (Phi) is 7.43. The van der Waals surface area contributed by atoms with Crippen LogP contribution in [0.5, 0.6) is 11.5 Å². The maximum absolute atomic E-state index is 12.2. The van der Waals surface area contributed by atoms with E-state index in [-0.39, 0.29) is 5.91 Å². The number of hydrogen-bond acceptors (Lipinski definition) is 5. The predicted octanol–water partition coefficient (Wildman–Crippen LogP) is 3.92. The van der Waals surface area contributed by atoms with Gasteiger partial charge < -0.3 is 19.5 Å². The average Bonchev–Trinajstić information content (AvgIpc) is 2.70. The summed E-state index contributed by atoms with van der Waals surface area (Å²) >= 11 is 0. The van der Waals surface area contributed by atoms with E-state index in [1.54, 1.807) is 49.6 Å². The Morgan fingerprint density at radius 3 is 2.56 bits per heavy atom. The molecule has 0 aliphatic rings. The van der Waals surface area contributed by atoms with Crippen LogP contribution in [0, 0.1) is 0 Å². The molecule has 6 nitrogen and oxygen atoms in total. The molecule has 0 unspecified atom stereocenters. The fourth-order valence-electron chi connectivity index (χ4n) is 2.35. The smallest absolute Gasteiger partial charge is 0.339 e. The molecular weight excluding hydrogens is 346 g/mol. The molecule has 2 aromatic carbocycles. The van der Waals surface area contributed by atoms with Crippen LogP contribution in [0.15, 0.2) is 48.5 Å². The van der Waals surface area contributed by atoms with Gasteiger partial charge in [0, 0.05) is 6.08 Å². The van der Waals surface area contributed by atoms with Crippen molar-refractivity contribution in [3.05, 3.63) is 59.7 Å². The van der Waals surface area contributed by atoms with Crippen LogP contribution in [0.25, 0.3) is 6.08 Å². The van der Waals surface area contributed by atoms with Crippen molar-refractivity contribution in [3.63, 3.8) is 0 Å². The lowest BCUT2D eigenvalue weighted by Gasteiger charge is -2.10. The lowest BCUT2D eigenvalue weighted by molar-refractivity contribution is -0.111. The van der Waals surface area contributed by atoms with E-state index in [9.17, 15) is 9.59 Å². The van der Waals surface area contributed by atoms with Gasteiger partial charge in [-0.3, -0.25) is 4.79 Å². The van der Waals surface area contributed by atoms with Crippen molar-refractivity contribution in [1.29, 1.82) is 0 Å². The number of anilines is 1. The predicted molar refractivity (Wildman–Crippen MR) is 104 cm³/mol. The monoisotopic (exact) mass is 369 g/mol. The number of benzene rings is 2. The molecule has 6 heteroatoms. The zero-order valence-corrected chi connectivity index (χ0v) is 15.7. The molecule has 0 atom stereocenters. The van der Waals surface area contributed by atoms with Crippen LogP contribution in [0.1, 0.15) is 29.3 Å². The van der Waals surface area contributed by atoms with E-state index in [0.717, 1.165) is 12.0 Å². The Labute approximate surface area is 158 Å². The maximum Gasteiger partial charge on any atom is 0.339 e. The summed E-state index contributed by atoms with van der Waals surface area (Å²) in [6.45, 7) is 2.63. The summed E-state index contributed by atoms with van der Waals surface area (Å²) in [4.78, 5) is 24.0. The van der Waals surface area contributed by atoms with Crippen molar-refractivity contribution in [2.45, 2.75) is 13.3 Å². The number of amides is 1. The molecule has 0 bridgehead atoms. The van der Waals surface area contributed by atoms with Gasteiger partial charge in [-0.2, -0.15) is 0 Å². The summed E-state index contributed by atoms with van der Waals surface area (Å²) in [5.41, 5.74) is 1.47. The molecule has 1 N–H and O–H groups in total. The maximum atomic E-state index is 12.2. The van der Waals surface area contributed by atoms with Crippen molar-refractivity contribution >= 4 is 23.6 Å². The van der Waals surface area contributed by atoms with Gasteiger partial charge in [-0.05, 0) is 42.3 Å². The van der Waals surface area contributed by atoms with Crippen LogP contribution >= 0.6 is 0 Å². The summed E-state index contributed by atoms with van der Waals surface area (Å²) in [6, 6.07) is 12.1. The lowest BCUT2D eigenvalue weighted by atomic mass is 10.1. The number of rotatable bonds is 8. The van der Waals surface area contributed by atoms with Crippen LogP contribution in [0.3, 0.4) is 0 Å². The quantitative estimate of drug-likeness (QED) is 0.564. The van der Waals surface area contributed by atoms with E-state index < -0.39 is 5.97 Å². The van der Waals surface area contributed by atoms with E-state index in [0.29, 0.717) is 29.4 Å². The second kappa shape index (κ2) is 10.0. The van der Waals surface area contributed by atoms with Crippen molar-refractivity contribution in [3.8, 4) is 11.5 Å². The highest BCUT2D eigenvalue weighted by molar-refractivity contribution is 6.06. The normalized spacial score (nSPS) is 10.5. The Hall–Kier alpha value is -3.28. The first kappa shape index (κ1) is 20.0. The topological polar surface area (TPSA) is 73.9 Å². The van der Waals surface area contributed by atoms with Gasteiger partial charge in [-0.1, -0.05) is 25.1 Å². The molecule has 0 aliphatic heterocycles. The van der Waals surface area contributed by atoms with Crippen LogP contribution in [0.4, 0.5) is 5.69 Å². The molecule has 1 amide bonds. The Morgan fingerprint density at radius 2 is 1.85 bits per heavy atom. The average molecular weight is 369 g/mol. The molecule has 0 radical (unpaired) electrons. The molecule has 0 spiro atoms. The highest BCUT2D eigenvalue weighted by Crippen LogP contribution is 2.28. The molecule has 2 aromatic rings. The van der Waals surface area contributed by atoms with Crippen molar-refractivity contribution < 1.29 is 23.8 Å². The number of ether oxygens (including phenoxy) is 3. The summed E-state index contributed by atoms with van der Waals surface area (Å²) in [5.74, 6) is 0.383. The molecule has 0 fully saturated rings. The number of nitrogens with one attached hydrogen (secondary N) is 1. The zero-order valence-electron chi connectivity index (χ0n) is 15.7. The third-order valence-corrected chi connectivity index (χ3v) is 3.67. The Bertz CT molecular complexity index is 829. The number of carbonyl (C=O) groups excluding carboxylic acids is 2. The highest BCUT2D eigenvalue weighted by Gasteiger charge is 2.12. The number of carbonyl (C=O) groups is 2. The van der Waals surface area contributed by atoms with E-state index in [2.05, 4.69) is 5.32 Å². The van der Waals surface area contributed by atoms with Crippen LogP contribution in [0.2, 0.25) is 0 Å². The molecule has 0 aliphatic carbocycles. The van der Waals surface area contributed by atoms with Gasteiger partial charge in [0.1, 0.15) is 0 Å². The van der Waals surface area contributed by atoms with Gasteiger partial charge in [-0.25, -0.2) is 4.79 Å². The first-order chi connectivity index (χ1) is 13.1. The van der Waals surface area contributed by atoms with Gasteiger partial charge in [0.2, 0.25) is 5.91 Å². The lowest BCUT2D eigenvalue weighted by Crippen LogP contribution is -2.12. The van der Waals surface area contributed by atoms with E-state index in [1.165, 1.54) is 13.2 Å². The number of hydrogen-bond donors (Lipinski definition) is 1. The highest BCUT2D eigenvalue weighted by atomic mass is 16.5. The van der Waals surface area contributed by atoms with Gasteiger partial charge in [-0.15, -0.1) is 0 Å². The molecular formula is C21H23NO5. The molecule has 0 heterocycles. The Balaban J connectivity index is 2.10. The molecule has 142 valence electrons. The minimum Gasteiger partial charge on any atom is -0.493 e. The Morgan fingerprint density at radius 1 is 1.07 bits per heavy atom. The fraction of sp³-hybridized carbons (Fsp3) is 0.238. The van der Waals surface area contributed by atoms with Gasteiger partial charge in [0.25, 0.3) is 0 Å². The minimum atomic E-state index is -0.512. The first-order valence-electron chi connectivity index (χ1n) is 8.56. The number of para-hydroxylation sites is 1. The number of esters is 1. The van der Waals surface area contributed by atoms with Crippen LogP contribution < -0.4 is 14.8 Å². The van der Waals surface area contributed by atoms with Gasteiger partial charge >= 0.3 is 5.97 Å². The first-order valence-corrected chi connectivity index (χ1v) is 8.56. The third kappa shape index (κ3) is 5.60. The van der Waals surface area contributed by atoms with E-state index in [4.69, 9.17) is 14.2 Å². The minimum absolute atomic E-state index is 0.292. The molecule has 0 saturated heterocycles. The summed E-state index contributed by atoms with van der Waals surface area (Å²) in [7, 11) is 2.86. The summed E-state index contributed by atoms with van der Waals surface area (Å²) in [6.07, 6.45) is 3.94. The zero-order chi connectivity index (χ0) is 19.6. The van der Waals surface area contributed by atoms with E-state index in [1.807, 2.05) is 13.0 Å². The fourth-order valence-corrected chi connectivity index (χ4v) is 2.35. The SMILES string of the molecule is CCCOc1ccc(/C=C/C(=O)Nc2ccccc2C(=O)OC)cc1OC. The standard InChI is InChI=1S/C21H23NO5/c1-4-13-27-18-11-9-15(14-19(18)25-2)10-12-20(23)22-17-8-6-5-7-16(17)21(24)26-3/h5-12,14H,4,13H2,1-3H3,(H,22,23)/b12-10+. The molecule has 0 aromatic heterocycles.